The molecule has 2 bridgehead atoms. The van der Waals surface area contributed by atoms with E-state index < -0.39 is 26.6 Å². The summed E-state index contributed by atoms with van der Waals surface area (Å²) in [6, 6.07) is 2.73. The number of morpholine rings is 1. The summed E-state index contributed by atoms with van der Waals surface area (Å²) in [6.07, 6.45) is 0.439. The molecule has 2 heterocycles. The molecule has 0 saturated carbocycles. The number of sulfonamides is 1. The third-order valence-corrected chi connectivity index (χ3v) is 5.31. The number of hydrogen-bond donors (Lipinski definition) is 0. The second kappa shape index (κ2) is 3.97. The maximum absolute atomic E-state index is 13.6. The van der Waals surface area contributed by atoms with Crippen LogP contribution in [-0.2, 0) is 14.8 Å². The zero-order chi connectivity index (χ0) is 12.9. The van der Waals surface area contributed by atoms with Crippen molar-refractivity contribution in [3.05, 3.63) is 29.8 Å². The van der Waals surface area contributed by atoms with Gasteiger partial charge in [-0.2, -0.15) is 4.31 Å². The van der Waals surface area contributed by atoms with E-state index in [0.717, 1.165) is 22.5 Å². The molecule has 3 rings (SSSR count). The summed E-state index contributed by atoms with van der Waals surface area (Å²) in [7, 11) is -4.13. The summed E-state index contributed by atoms with van der Waals surface area (Å²) < 4.78 is 58.1. The van der Waals surface area contributed by atoms with Crippen LogP contribution >= 0.6 is 0 Å². The van der Waals surface area contributed by atoms with Gasteiger partial charge in [-0.1, -0.05) is 6.07 Å². The van der Waals surface area contributed by atoms with Crippen LogP contribution in [0.5, 0.6) is 0 Å². The van der Waals surface area contributed by atoms with E-state index in [1.807, 2.05) is 0 Å². The Balaban J connectivity index is 2.05. The van der Waals surface area contributed by atoms with Crippen LogP contribution in [0.4, 0.5) is 8.78 Å². The Morgan fingerprint density at radius 2 is 1.94 bits per heavy atom. The molecule has 0 unspecified atom stereocenters. The predicted molar refractivity (Wildman–Crippen MR) is 58.4 cm³/mol. The first-order chi connectivity index (χ1) is 8.50. The van der Waals surface area contributed by atoms with Crippen molar-refractivity contribution < 1.29 is 21.9 Å². The molecular formula is C11H11F2NO3S. The lowest BCUT2D eigenvalue weighted by molar-refractivity contribution is 0.0607. The van der Waals surface area contributed by atoms with Crippen molar-refractivity contribution in [1.82, 2.24) is 4.31 Å². The smallest absolute Gasteiger partial charge is 0.249 e. The van der Waals surface area contributed by atoms with Gasteiger partial charge in [-0.15, -0.1) is 0 Å². The number of halogens is 2. The van der Waals surface area contributed by atoms with Crippen LogP contribution in [0.2, 0.25) is 0 Å². The number of hydrogen-bond acceptors (Lipinski definition) is 3. The van der Waals surface area contributed by atoms with Crippen LogP contribution in [0.1, 0.15) is 6.42 Å². The first-order valence-electron chi connectivity index (χ1n) is 5.57. The van der Waals surface area contributed by atoms with Crippen LogP contribution in [-0.4, -0.2) is 38.0 Å². The zero-order valence-electron chi connectivity index (χ0n) is 9.34. The average molecular weight is 275 g/mol. The van der Waals surface area contributed by atoms with E-state index in [1.54, 1.807) is 0 Å². The fraction of sp³-hybridized carbons (Fsp3) is 0.455. The van der Waals surface area contributed by atoms with E-state index in [4.69, 9.17) is 4.74 Å². The average Bonchev–Trinajstić information content (AvgIpc) is 2.90. The molecule has 7 heteroatoms. The lowest BCUT2D eigenvalue weighted by atomic mass is 10.3. The second-order valence-electron chi connectivity index (χ2n) is 4.47. The van der Waals surface area contributed by atoms with Gasteiger partial charge in [0.05, 0.1) is 18.8 Å². The molecule has 0 aliphatic carbocycles. The SMILES string of the molecule is O=S(=O)(c1c(F)cccc1F)N1C[C@H]2C[C@H]1CO2. The van der Waals surface area contributed by atoms with E-state index in [0.29, 0.717) is 13.0 Å². The van der Waals surface area contributed by atoms with Gasteiger partial charge in [0.2, 0.25) is 10.0 Å². The number of benzene rings is 1. The highest BCUT2D eigenvalue weighted by Crippen LogP contribution is 2.34. The first-order valence-corrected chi connectivity index (χ1v) is 7.01. The van der Waals surface area contributed by atoms with Gasteiger partial charge in [0.1, 0.15) is 11.6 Å². The number of nitrogens with zero attached hydrogens (tertiary/aromatic N) is 1. The van der Waals surface area contributed by atoms with Crippen LogP contribution in [0.3, 0.4) is 0 Å². The molecule has 0 aromatic heterocycles. The van der Waals surface area contributed by atoms with Crippen LogP contribution in [0.15, 0.2) is 23.1 Å². The van der Waals surface area contributed by atoms with Gasteiger partial charge in [0, 0.05) is 6.54 Å². The van der Waals surface area contributed by atoms with Gasteiger partial charge in [-0.05, 0) is 18.6 Å². The van der Waals surface area contributed by atoms with E-state index in [1.165, 1.54) is 0 Å². The molecule has 18 heavy (non-hydrogen) atoms. The molecule has 1 aromatic carbocycles. The highest BCUT2D eigenvalue weighted by Gasteiger charge is 2.46. The monoisotopic (exact) mass is 275 g/mol. The normalized spacial score (nSPS) is 27.9. The van der Waals surface area contributed by atoms with Crippen molar-refractivity contribution in [3.8, 4) is 0 Å². The van der Waals surface area contributed by atoms with Crippen LogP contribution < -0.4 is 0 Å². The first kappa shape index (κ1) is 12.0. The van der Waals surface area contributed by atoms with Crippen molar-refractivity contribution in [2.45, 2.75) is 23.5 Å². The Morgan fingerprint density at radius 3 is 2.44 bits per heavy atom. The number of fused-ring (bicyclic) bond motifs is 2. The van der Waals surface area contributed by atoms with E-state index in [-0.39, 0.29) is 18.7 Å². The molecule has 0 N–H and O–H groups in total. The predicted octanol–water partition coefficient (Wildman–Crippen LogP) is 1.13. The van der Waals surface area contributed by atoms with E-state index >= 15 is 0 Å². The fourth-order valence-electron chi connectivity index (χ4n) is 2.51. The van der Waals surface area contributed by atoms with Gasteiger partial charge in [-0.3, -0.25) is 0 Å². The Bertz CT molecular complexity index is 570. The van der Waals surface area contributed by atoms with Crippen LogP contribution in [0, 0.1) is 11.6 Å². The van der Waals surface area contributed by atoms with Crippen molar-refractivity contribution in [2.24, 2.45) is 0 Å². The highest BCUT2D eigenvalue weighted by molar-refractivity contribution is 7.89. The molecule has 1 aromatic rings. The van der Waals surface area contributed by atoms with Gasteiger partial charge < -0.3 is 4.74 Å². The minimum Gasteiger partial charge on any atom is -0.375 e. The Labute approximate surface area is 103 Å². The minimum atomic E-state index is -4.13. The van der Waals surface area contributed by atoms with E-state index in [9.17, 15) is 17.2 Å². The summed E-state index contributed by atoms with van der Waals surface area (Å²) >= 11 is 0. The van der Waals surface area contributed by atoms with Crippen molar-refractivity contribution in [2.75, 3.05) is 13.2 Å². The number of ether oxygens (including phenoxy) is 1. The largest absolute Gasteiger partial charge is 0.375 e. The quantitative estimate of drug-likeness (QED) is 0.812. The zero-order valence-corrected chi connectivity index (χ0v) is 10.2. The fourth-order valence-corrected chi connectivity index (χ4v) is 4.27. The third kappa shape index (κ3) is 1.65. The summed E-state index contributed by atoms with van der Waals surface area (Å²) in [4.78, 5) is -0.863. The maximum atomic E-state index is 13.6. The van der Waals surface area contributed by atoms with Crippen molar-refractivity contribution in [3.63, 3.8) is 0 Å². The Kier molecular flexibility index (Phi) is 2.65. The molecule has 2 saturated heterocycles. The minimum absolute atomic E-state index is 0.153. The number of rotatable bonds is 2. The summed E-state index contributed by atoms with van der Waals surface area (Å²) in [6.45, 7) is 0.459. The molecule has 2 fully saturated rings. The highest BCUT2D eigenvalue weighted by atomic mass is 32.2. The Hall–Kier alpha value is -1.05. The molecule has 0 radical (unpaired) electrons. The van der Waals surface area contributed by atoms with Crippen molar-refractivity contribution in [1.29, 1.82) is 0 Å². The third-order valence-electron chi connectivity index (χ3n) is 3.34. The Morgan fingerprint density at radius 1 is 1.28 bits per heavy atom. The molecule has 4 nitrogen and oxygen atoms in total. The van der Waals surface area contributed by atoms with Crippen molar-refractivity contribution >= 4 is 10.0 Å². The van der Waals surface area contributed by atoms with Gasteiger partial charge in [-0.25, -0.2) is 17.2 Å². The molecule has 0 amide bonds. The molecule has 2 aliphatic rings. The summed E-state index contributed by atoms with van der Waals surface area (Å²) in [5.74, 6) is -2.11. The standard InChI is InChI=1S/C11H11F2NO3S/c12-9-2-1-3-10(13)11(9)18(15,16)14-5-8-4-7(14)6-17-8/h1-3,7-8H,4-6H2/t7-,8+/m0/s1. The molecule has 2 atom stereocenters. The molecular weight excluding hydrogens is 264 g/mol. The van der Waals surface area contributed by atoms with Gasteiger partial charge in [0.15, 0.2) is 4.90 Å². The maximum Gasteiger partial charge on any atom is 0.249 e. The summed E-state index contributed by atoms with van der Waals surface area (Å²) in [5, 5.41) is 0. The summed E-state index contributed by atoms with van der Waals surface area (Å²) in [5.41, 5.74) is 0. The lowest BCUT2D eigenvalue weighted by Crippen LogP contribution is -2.41. The van der Waals surface area contributed by atoms with Gasteiger partial charge in [0.25, 0.3) is 0 Å². The molecule has 2 aliphatic heterocycles. The van der Waals surface area contributed by atoms with Crippen LogP contribution in [0.25, 0.3) is 0 Å². The topological polar surface area (TPSA) is 46.6 Å². The second-order valence-corrected chi connectivity index (χ2v) is 6.30. The molecule has 0 spiro atoms. The van der Waals surface area contributed by atoms with E-state index in [2.05, 4.69) is 0 Å². The van der Waals surface area contributed by atoms with Gasteiger partial charge >= 0.3 is 0 Å². The lowest BCUT2D eigenvalue weighted by Gasteiger charge is -2.26. The molecule has 98 valence electrons.